The second-order valence-electron chi connectivity index (χ2n) is 3.86. The lowest BCUT2D eigenvalue weighted by atomic mass is 10.1. The van der Waals surface area contributed by atoms with Crippen molar-refractivity contribution in [3.63, 3.8) is 0 Å². The average molecular weight is 264 g/mol. The molecule has 0 bridgehead atoms. The molecule has 0 spiro atoms. The van der Waals surface area contributed by atoms with Crippen molar-refractivity contribution in [3.8, 4) is 0 Å². The fourth-order valence-corrected chi connectivity index (χ4v) is 2.42. The van der Waals surface area contributed by atoms with Gasteiger partial charge in [-0.3, -0.25) is 4.79 Å². The molecule has 1 rings (SSSR count). The summed E-state index contributed by atoms with van der Waals surface area (Å²) in [6.07, 6.45) is 3.69. The van der Waals surface area contributed by atoms with E-state index < -0.39 is 0 Å². The Kier molecular flexibility index (Phi) is 4.89. The highest BCUT2D eigenvalue weighted by atomic mass is 79.9. The predicted octanol–water partition coefficient (Wildman–Crippen LogP) is 1.53. The minimum absolute atomic E-state index is 0.00725. The number of hydrogen-bond acceptors (Lipinski definition) is 2. The number of carbonyl (C=O) groups excluding carboxylic acids is 1. The number of nitrogens with zero attached hydrogens (tertiary/aromatic N) is 1. The van der Waals surface area contributed by atoms with E-state index in [2.05, 4.69) is 22.9 Å². The number of aliphatic hydroxyl groups excluding tert-OH is 1. The van der Waals surface area contributed by atoms with E-state index in [1.165, 1.54) is 0 Å². The molecule has 1 fully saturated rings. The third-order valence-corrected chi connectivity index (χ3v) is 3.57. The maximum atomic E-state index is 11.7. The first-order valence-electron chi connectivity index (χ1n) is 5.22. The summed E-state index contributed by atoms with van der Waals surface area (Å²) >= 11 is 3.39. The van der Waals surface area contributed by atoms with Gasteiger partial charge >= 0.3 is 0 Å². The van der Waals surface area contributed by atoms with E-state index in [4.69, 9.17) is 5.11 Å². The summed E-state index contributed by atoms with van der Waals surface area (Å²) in [5.74, 6) is 0.210. The molecular weight excluding hydrogens is 246 g/mol. The van der Waals surface area contributed by atoms with Gasteiger partial charge in [-0.1, -0.05) is 15.9 Å². The van der Waals surface area contributed by atoms with Crippen molar-refractivity contribution in [1.29, 1.82) is 0 Å². The Balaban J connectivity index is 2.44. The molecule has 0 aromatic rings. The number of carbonyl (C=O) groups is 1. The van der Waals surface area contributed by atoms with Gasteiger partial charge in [-0.05, 0) is 32.6 Å². The third-order valence-electron chi connectivity index (χ3n) is 2.72. The van der Waals surface area contributed by atoms with Crippen LogP contribution in [0.1, 0.15) is 32.6 Å². The van der Waals surface area contributed by atoms with Crippen LogP contribution < -0.4 is 0 Å². The number of amides is 1. The van der Waals surface area contributed by atoms with Crippen molar-refractivity contribution in [2.75, 3.05) is 13.2 Å². The first kappa shape index (κ1) is 12.0. The standard InChI is InChI=1S/C10H18BrNO2/c1-8(4-3-7-13)12-6-2-5-9(11)10(12)14/h8-9,13H,2-7H2,1H3. The molecule has 1 N–H and O–H groups in total. The Hall–Kier alpha value is -0.0900. The summed E-state index contributed by atoms with van der Waals surface area (Å²) < 4.78 is 0. The molecule has 2 atom stereocenters. The zero-order valence-corrected chi connectivity index (χ0v) is 10.2. The maximum Gasteiger partial charge on any atom is 0.236 e. The van der Waals surface area contributed by atoms with E-state index >= 15 is 0 Å². The van der Waals surface area contributed by atoms with Crippen molar-refractivity contribution in [2.24, 2.45) is 0 Å². The van der Waals surface area contributed by atoms with Gasteiger partial charge in [0, 0.05) is 19.2 Å². The van der Waals surface area contributed by atoms with Crippen LogP contribution in [0.15, 0.2) is 0 Å². The van der Waals surface area contributed by atoms with Gasteiger partial charge < -0.3 is 10.0 Å². The highest BCUT2D eigenvalue weighted by molar-refractivity contribution is 9.10. The summed E-state index contributed by atoms with van der Waals surface area (Å²) in [5.41, 5.74) is 0. The van der Waals surface area contributed by atoms with Crippen LogP contribution in [0, 0.1) is 0 Å². The molecule has 1 heterocycles. The molecule has 0 saturated carbocycles. The Bertz CT molecular complexity index is 199. The van der Waals surface area contributed by atoms with E-state index in [1.54, 1.807) is 0 Å². The SMILES string of the molecule is CC(CCCO)N1CCCC(Br)C1=O. The van der Waals surface area contributed by atoms with Crippen LogP contribution >= 0.6 is 15.9 Å². The summed E-state index contributed by atoms with van der Waals surface area (Å²) in [7, 11) is 0. The fraction of sp³-hybridized carbons (Fsp3) is 0.900. The number of rotatable bonds is 4. The largest absolute Gasteiger partial charge is 0.396 e. The molecule has 0 aromatic carbocycles. The van der Waals surface area contributed by atoms with Gasteiger partial charge in [0.05, 0.1) is 4.83 Å². The Labute approximate surface area is 93.6 Å². The first-order valence-corrected chi connectivity index (χ1v) is 6.13. The van der Waals surface area contributed by atoms with E-state index in [9.17, 15) is 4.79 Å². The third kappa shape index (κ3) is 2.95. The molecule has 82 valence electrons. The second kappa shape index (κ2) is 5.71. The molecule has 1 aliphatic heterocycles. The van der Waals surface area contributed by atoms with Crippen molar-refractivity contribution < 1.29 is 9.90 Å². The molecule has 14 heavy (non-hydrogen) atoms. The quantitative estimate of drug-likeness (QED) is 0.782. The van der Waals surface area contributed by atoms with E-state index in [0.29, 0.717) is 0 Å². The second-order valence-corrected chi connectivity index (χ2v) is 4.96. The van der Waals surface area contributed by atoms with Gasteiger partial charge in [-0.25, -0.2) is 0 Å². The van der Waals surface area contributed by atoms with E-state index in [-0.39, 0.29) is 23.4 Å². The number of halogens is 1. The summed E-state index contributed by atoms with van der Waals surface area (Å²) in [4.78, 5) is 13.7. The molecule has 0 aromatic heterocycles. The van der Waals surface area contributed by atoms with Crippen molar-refractivity contribution >= 4 is 21.8 Å². The molecule has 1 saturated heterocycles. The predicted molar refractivity (Wildman–Crippen MR) is 59.4 cm³/mol. The number of likely N-dealkylation sites (tertiary alicyclic amines) is 1. The van der Waals surface area contributed by atoms with Crippen molar-refractivity contribution in [1.82, 2.24) is 4.90 Å². The van der Waals surface area contributed by atoms with Gasteiger partial charge in [-0.15, -0.1) is 0 Å². The highest BCUT2D eigenvalue weighted by Gasteiger charge is 2.29. The van der Waals surface area contributed by atoms with Crippen molar-refractivity contribution in [2.45, 2.75) is 43.5 Å². The van der Waals surface area contributed by atoms with Crippen LogP contribution in [-0.4, -0.2) is 39.9 Å². The van der Waals surface area contributed by atoms with Crippen molar-refractivity contribution in [3.05, 3.63) is 0 Å². The number of piperidine rings is 1. The maximum absolute atomic E-state index is 11.7. The first-order chi connectivity index (χ1) is 6.66. The van der Waals surface area contributed by atoms with Crippen LogP contribution in [0.25, 0.3) is 0 Å². The minimum atomic E-state index is 0.00725. The van der Waals surface area contributed by atoms with Crippen LogP contribution in [0.3, 0.4) is 0 Å². The van der Waals surface area contributed by atoms with Crippen LogP contribution in [0.5, 0.6) is 0 Å². The molecule has 1 aliphatic rings. The zero-order chi connectivity index (χ0) is 10.6. The number of aliphatic hydroxyl groups is 1. The average Bonchev–Trinajstić information content (AvgIpc) is 2.18. The molecule has 3 nitrogen and oxygen atoms in total. The van der Waals surface area contributed by atoms with Gasteiger partial charge in [0.1, 0.15) is 0 Å². The normalized spacial score (nSPS) is 25.2. The molecule has 1 amide bonds. The lowest BCUT2D eigenvalue weighted by Crippen LogP contribution is -2.46. The molecule has 0 radical (unpaired) electrons. The van der Waals surface area contributed by atoms with Gasteiger partial charge in [-0.2, -0.15) is 0 Å². The molecule has 0 aliphatic carbocycles. The molecule has 2 unspecified atom stereocenters. The monoisotopic (exact) mass is 263 g/mol. The van der Waals surface area contributed by atoms with E-state index in [0.717, 1.165) is 32.2 Å². The van der Waals surface area contributed by atoms with Gasteiger partial charge in [0.25, 0.3) is 0 Å². The number of hydrogen-bond donors (Lipinski definition) is 1. The Morgan fingerprint density at radius 2 is 2.43 bits per heavy atom. The minimum Gasteiger partial charge on any atom is -0.396 e. The van der Waals surface area contributed by atoms with Crippen LogP contribution in [0.2, 0.25) is 0 Å². The molecular formula is C10H18BrNO2. The lowest BCUT2D eigenvalue weighted by Gasteiger charge is -2.34. The Morgan fingerprint density at radius 1 is 1.71 bits per heavy atom. The van der Waals surface area contributed by atoms with Crippen LogP contribution in [0.4, 0.5) is 0 Å². The Morgan fingerprint density at radius 3 is 3.07 bits per heavy atom. The summed E-state index contributed by atoms with van der Waals surface area (Å²) in [6.45, 7) is 3.14. The van der Waals surface area contributed by atoms with Crippen LogP contribution in [-0.2, 0) is 4.79 Å². The summed E-state index contributed by atoms with van der Waals surface area (Å²) in [6, 6.07) is 0.259. The van der Waals surface area contributed by atoms with E-state index in [1.807, 2.05) is 4.90 Å². The zero-order valence-electron chi connectivity index (χ0n) is 8.58. The highest BCUT2D eigenvalue weighted by Crippen LogP contribution is 2.21. The van der Waals surface area contributed by atoms with Gasteiger partial charge in [0.2, 0.25) is 5.91 Å². The van der Waals surface area contributed by atoms with Gasteiger partial charge in [0.15, 0.2) is 0 Å². The summed E-state index contributed by atoms with van der Waals surface area (Å²) in [5, 5.41) is 8.72. The topological polar surface area (TPSA) is 40.5 Å². The number of alkyl halides is 1. The smallest absolute Gasteiger partial charge is 0.236 e. The molecule has 4 heteroatoms. The fourth-order valence-electron chi connectivity index (χ4n) is 1.83. The lowest BCUT2D eigenvalue weighted by molar-refractivity contribution is -0.134.